The Morgan fingerprint density at radius 2 is 0.555 bits per heavy atom. The van der Waals surface area contributed by atoms with Crippen LogP contribution in [0, 0.1) is 0 Å². The summed E-state index contributed by atoms with van der Waals surface area (Å²) in [4.78, 5) is 22.2. The molecule has 10 nitrogen and oxygen atoms in total. The van der Waals surface area contributed by atoms with Crippen molar-refractivity contribution >= 4 is 153 Å². The van der Waals surface area contributed by atoms with Crippen molar-refractivity contribution < 1.29 is 0 Å². The van der Waals surface area contributed by atoms with Gasteiger partial charge in [0.15, 0.2) is 11.6 Å². The van der Waals surface area contributed by atoms with Crippen molar-refractivity contribution in [1.29, 1.82) is 0 Å². The van der Waals surface area contributed by atoms with Crippen molar-refractivity contribution in [1.82, 2.24) is 47.3 Å². The molecule has 17 aromatic carbocycles. The summed E-state index contributed by atoms with van der Waals surface area (Å²) in [6.07, 6.45) is 0. The van der Waals surface area contributed by atoms with Crippen molar-refractivity contribution in [3.8, 4) is 79.2 Å². The van der Waals surface area contributed by atoms with Gasteiger partial charge in [-0.3, -0.25) is 9.13 Å². The molecule has 0 fully saturated rings. The van der Waals surface area contributed by atoms with Gasteiger partial charge in [-0.05, 0) is 179 Å². The van der Waals surface area contributed by atoms with E-state index < -0.39 is 0 Å². The Morgan fingerprint density at radius 3 is 1.14 bits per heavy atom. The van der Waals surface area contributed by atoms with Crippen LogP contribution in [0.2, 0.25) is 0 Å². The molecule has 0 saturated heterocycles. The van der Waals surface area contributed by atoms with Gasteiger partial charge in [0.1, 0.15) is 11.4 Å². The van der Waals surface area contributed by atoms with Gasteiger partial charge in [0, 0.05) is 104 Å². The predicted octanol–water partition coefficient (Wildman–Crippen LogP) is 27.5. The van der Waals surface area contributed by atoms with Gasteiger partial charge in [0.25, 0.3) is 0 Å². The summed E-state index contributed by atoms with van der Waals surface area (Å²) >= 11 is 0. The Labute approximate surface area is 681 Å². The second-order valence-corrected chi connectivity index (χ2v) is 32.4. The molecule has 1 aliphatic carbocycles. The Hall–Kier alpha value is -15.8. The fourth-order valence-corrected chi connectivity index (χ4v) is 20.6. The largest absolute Gasteiger partial charge is 0.309 e. The first-order valence-electron chi connectivity index (χ1n) is 40.8. The molecular formula is C109H68N10. The number of hydrogen-bond acceptors (Lipinski definition) is 4. The van der Waals surface area contributed by atoms with E-state index in [0.29, 0.717) is 0 Å². The highest BCUT2D eigenvalue weighted by atomic mass is 15.1. The molecular weight excluding hydrogens is 1450 g/mol. The van der Waals surface area contributed by atoms with E-state index in [1.54, 1.807) is 0 Å². The van der Waals surface area contributed by atoms with Gasteiger partial charge in [-0.15, -0.1) is 0 Å². The minimum absolute atomic E-state index is 0.0925. The highest BCUT2D eigenvalue weighted by Gasteiger charge is 2.36. The van der Waals surface area contributed by atoms with Gasteiger partial charge in [-0.1, -0.05) is 244 Å². The molecule has 0 amide bonds. The average molecular weight is 1520 g/mol. The summed E-state index contributed by atoms with van der Waals surface area (Å²) < 4.78 is 14.6. The van der Waals surface area contributed by atoms with E-state index in [1.807, 2.05) is 18.2 Å². The molecule has 0 unspecified atom stereocenters. The molecule has 0 aliphatic heterocycles. The SMILES string of the molecule is CC1(C)c2ccccc2-c2cc(-n3c4ccccc4c4c5c6ccccc6n(-c6ccc7c8ccccc8n(-c8nc9ccccc9nc8-c8cccc(-c9ccc%10c%11c%12c%13ccccc%13n(-c%13ccc%14c(c%13)c%13ccccc%13n%14-c%13nc%14ccccc%14nc%13-c%13ccccc%13)c%12ccc%11n(-c%11ccccc%11)c%10c9)c8)c7c6)c5ccc43)ccc21. The zero-order valence-corrected chi connectivity index (χ0v) is 64.8. The predicted molar refractivity (Wildman–Crippen MR) is 493 cm³/mol. The third kappa shape index (κ3) is 9.30. The first-order valence-corrected chi connectivity index (χ1v) is 40.8. The Kier molecular flexibility index (Phi) is 13.6. The van der Waals surface area contributed by atoms with Crippen LogP contribution in [0.5, 0.6) is 0 Å². The minimum Gasteiger partial charge on any atom is -0.309 e. The van der Waals surface area contributed by atoms with Gasteiger partial charge in [-0.2, -0.15) is 0 Å². The minimum atomic E-state index is -0.0925. The number of nitrogens with zero attached hydrogens (tertiary/aromatic N) is 10. The van der Waals surface area contributed by atoms with Crippen molar-refractivity contribution in [2.24, 2.45) is 0 Å². The molecule has 26 rings (SSSR count). The van der Waals surface area contributed by atoms with Gasteiger partial charge < -0.3 is 18.3 Å². The summed E-state index contributed by atoms with van der Waals surface area (Å²) in [6.45, 7) is 4.71. The lowest BCUT2D eigenvalue weighted by atomic mass is 9.82. The van der Waals surface area contributed by atoms with Gasteiger partial charge in [0.2, 0.25) is 0 Å². The molecule has 1 aliphatic rings. The molecule has 119 heavy (non-hydrogen) atoms. The quantitative estimate of drug-likeness (QED) is 0.144. The smallest absolute Gasteiger partial charge is 0.165 e. The first-order chi connectivity index (χ1) is 58.8. The van der Waals surface area contributed by atoms with E-state index in [1.165, 1.54) is 76.4 Å². The summed E-state index contributed by atoms with van der Waals surface area (Å²) in [5, 5.41) is 14.2. The van der Waals surface area contributed by atoms with E-state index in [4.69, 9.17) is 19.9 Å². The molecule has 0 spiro atoms. The lowest BCUT2D eigenvalue weighted by Crippen LogP contribution is -2.14. The van der Waals surface area contributed by atoms with Gasteiger partial charge in [-0.25, -0.2) is 19.9 Å². The van der Waals surface area contributed by atoms with Crippen LogP contribution in [0.1, 0.15) is 25.0 Å². The molecule has 0 N–H and O–H groups in total. The molecule has 0 saturated carbocycles. The third-order valence-corrected chi connectivity index (χ3v) is 25.8. The van der Waals surface area contributed by atoms with Crippen LogP contribution in [0.15, 0.2) is 376 Å². The Bertz CT molecular complexity index is 8720. The number of aromatic nitrogens is 10. The molecule has 8 heterocycles. The standard InChI is InChI=1S/C109H68N10/c1-109(2)83-38-15-9-32-73(83)81-62-70(50-54-84(81)109)115-91-45-22-12-35-77(91)101-96(115)58-59-98-102(101)79-37-14-24-47-93(79)117(98)72-49-53-76-74-33-10-20-43-89(74)119(100(76)64-72)108-106(111-86-40-17-19-42-88(86)113-108)68-29-25-28-66(60-68)67-48-52-80-99(61-67)114(69-30-7-4-8-31-69)95-56-57-97-103(104(80)95)78-36-13-23-46-92(78)116(97)71-51-55-94-82(63-71)75-34-11-21-44-90(75)118(94)107-105(65-26-5-3-6-27-65)110-85-39-16-18-41-87(85)112-107/h3-64H,1-2H3. The summed E-state index contributed by atoms with van der Waals surface area (Å²) in [5.41, 5.74) is 32.0. The number of fused-ring (bicyclic) bond motifs is 25. The summed E-state index contributed by atoms with van der Waals surface area (Å²) in [7, 11) is 0. The number of benzene rings is 17. The van der Waals surface area contributed by atoms with E-state index in [-0.39, 0.29) is 5.41 Å². The average Bonchev–Trinajstić information content (AvgIpc) is 1.55. The van der Waals surface area contributed by atoms with Crippen molar-refractivity contribution in [2.45, 2.75) is 19.3 Å². The van der Waals surface area contributed by atoms with Crippen molar-refractivity contribution in [3.63, 3.8) is 0 Å². The van der Waals surface area contributed by atoms with Crippen LogP contribution in [-0.4, -0.2) is 47.3 Å². The first kappa shape index (κ1) is 65.6. The molecule has 0 atom stereocenters. The molecule has 0 bridgehead atoms. The second-order valence-electron chi connectivity index (χ2n) is 32.4. The van der Waals surface area contributed by atoms with Gasteiger partial charge >= 0.3 is 0 Å². The van der Waals surface area contributed by atoms with Crippen LogP contribution in [0.4, 0.5) is 0 Å². The number of rotatable bonds is 9. The lowest BCUT2D eigenvalue weighted by Gasteiger charge is -2.21. The van der Waals surface area contributed by atoms with Crippen molar-refractivity contribution in [2.75, 3.05) is 0 Å². The fourth-order valence-electron chi connectivity index (χ4n) is 20.6. The maximum Gasteiger partial charge on any atom is 0.165 e. The monoisotopic (exact) mass is 1520 g/mol. The highest BCUT2D eigenvalue weighted by molar-refractivity contribution is 6.31. The summed E-state index contributed by atoms with van der Waals surface area (Å²) in [6, 6.07) is 137. The molecule has 0 radical (unpaired) electrons. The molecule has 8 aromatic heterocycles. The number of para-hydroxylation sites is 10. The van der Waals surface area contributed by atoms with Crippen LogP contribution >= 0.6 is 0 Å². The second kappa shape index (κ2) is 24.6. The number of hydrogen-bond donors (Lipinski definition) is 0. The normalized spacial score (nSPS) is 12.9. The fraction of sp³-hybridized carbons (Fsp3) is 0.0275. The van der Waals surface area contributed by atoms with E-state index >= 15 is 0 Å². The van der Waals surface area contributed by atoms with E-state index in [0.717, 1.165) is 167 Å². The molecule has 10 heteroatoms. The molecule has 25 aromatic rings. The Balaban J connectivity index is 0.627. The maximum absolute atomic E-state index is 5.73. The third-order valence-electron chi connectivity index (χ3n) is 25.8. The summed E-state index contributed by atoms with van der Waals surface area (Å²) in [5.74, 6) is 1.54. The topological polar surface area (TPSA) is 81.1 Å². The van der Waals surface area contributed by atoms with Crippen LogP contribution in [-0.2, 0) is 5.41 Å². The zero-order chi connectivity index (χ0) is 78.0. The van der Waals surface area contributed by atoms with E-state index in [2.05, 4.69) is 399 Å². The highest BCUT2D eigenvalue weighted by Crippen LogP contribution is 2.52. The van der Waals surface area contributed by atoms with Crippen molar-refractivity contribution in [3.05, 3.63) is 387 Å². The van der Waals surface area contributed by atoms with Gasteiger partial charge in [0.05, 0.1) is 88.3 Å². The molecule has 554 valence electrons. The zero-order valence-electron chi connectivity index (χ0n) is 64.8. The lowest BCUT2D eigenvalue weighted by molar-refractivity contribution is 0.660. The maximum atomic E-state index is 5.73. The van der Waals surface area contributed by atoms with Crippen LogP contribution in [0.25, 0.3) is 232 Å². The van der Waals surface area contributed by atoms with E-state index in [9.17, 15) is 0 Å². The van der Waals surface area contributed by atoms with Crippen LogP contribution in [0.3, 0.4) is 0 Å². The van der Waals surface area contributed by atoms with Crippen LogP contribution < -0.4 is 0 Å². The Morgan fingerprint density at radius 1 is 0.193 bits per heavy atom.